The first-order valence-corrected chi connectivity index (χ1v) is 6.71. The highest BCUT2D eigenvalue weighted by Gasteiger charge is 2.38. The number of ether oxygens (including phenoxy) is 1. The Hall–Kier alpha value is -1.43. The van der Waals surface area contributed by atoms with Gasteiger partial charge in [-0.05, 0) is 38.0 Å². The third-order valence-corrected chi connectivity index (χ3v) is 3.20. The molecule has 2 N–H and O–H groups in total. The quantitative estimate of drug-likeness (QED) is 0.817. The van der Waals surface area contributed by atoms with Crippen molar-refractivity contribution < 1.29 is 17.9 Å². The summed E-state index contributed by atoms with van der Waals surface area (Å²) in [6.07, 6.45) is -2.54. The molecule has 0 aromatic heterocycles. The van der Waals surface area contributed by atoms with Gasteiger partial charge in [-0.25, -0.2) is 0 Å². The second-order valence-electron chi connectivity index (χ2n) is 5.05. The zero-order chi connectivity index (χ0) is 14.8. The second kappa shape index (κ2) is 5.91. The molecule has 0 amide bonds. The van der Waals surface area contributed by atoms with E-state index in [2.05, 4.69) is 0 Å². The van der Waals surface area contributed by atoms with Crippen LogP contribution in [0.3, 0.4) is 0 Å². The summed E-state index contributed by atoms with van der Waals surface area (Å²) in [6, 6.07) is 5.12. The van der Waals surface area contributed by atoms with Gasteiger partial charge in [-0.15, -0.1) is 0 Å². The van der Waals surface area contributed by atoms with Crippen LogP contribution >= 0.6 is 0 Å². The zero-order valence-electron chi connectivity index (χ0n) is 11.4. The maximum atomic E-state index is 12.6. The van der Waals surface area contributed by atoms with E-state index in [0.29, 0.717) is 23.6 Å². The van der Waals surface area contributed by atoms with E-state index in [1.54, 1.807) is 18.2 Å². The fourth-order valence-electron chi connectivity index (χ4n) is 2.22. The number of nitrogens with two attached hydrogens (primary N) is 1. The predicted molar refractivity (Wildman–Crippen MR) is 71.5 cm³/mol. The number of hydrogen-bond donors (Lipinski definition) is 1. The summed E-state index contributed by atoms with van der Waals surface area (Å²) in [4.78, 5) is 1.46. The normalized spacial score (nSPS) is 15.7. The fourth-order valence-corrected chi connectivity index (χ4v) is 2.22. The molecule has 0 saturated heterocycles. The lowest BCUT2D eigenvalue weighted by atomic mass is 10.1. The third kappa shape index (κ3) is 4.30. The SMILES string of the molecule is CCOc1ccc(N)cc1CN(CC(F)(F)F)C1CC1. The number of hydrogen-bond acceptors (Lipinski definition) is 3. The van der Waals surface area contributed by atoms with Crippen molar-refractivity contribution in [1.29, 1.82) is 0 Å². The number of nitrogens with zero attached hydrogens (tertiary/aromatic N) is 1. The van der Waals surface area contributed by atoms with Crippen molar-refractivity contribution in [2.45, 2.75) is 38.5 Å². The van der Waals surface area contributed by atoms with Crippen LogP contribution in [0, 0.1) is 0 Å². The van der Waals surface area contributed by atoms with Crippen LogP contribution in [0.2, 0.25) is 0 Å². The van der Waals surface area contributed by atoms with E-state index in [9.17, 15) is 13.2 Å². The van der Waals surface area contributed by atoms with E-state index in [1.165, 1.54) is 4.90 Å². The molecular formula is C14H19F3N2O. The lowest BCUT2D eigenvalue weighted by Crippen LogP contribution is -2.35. The van der Waals surface area contributed by atoms with Crippen molar-refractivity contribution in [3.8, 4) is 5.75 Å². The van der Waals surface area contributed by atoms with E-state index < -0.39 is 12.7 Å². The van der Waals surface area contributed by atoms with Crippen molar-refractivity contribution in [1.82, 2.24) is 4.90 Å². The molecule has 1 aliphatic carbocycles. The molecule has 6 heteroatoms. The van der Waals surface area contributed by atoms with Crippen LogP contribution in [0.4, 0.5) is 18.9 Å². The molecule has 1 aromatic rings. The topological polar surface area (TPSA) is 38.5 Å². The van der Waals surface area contributed by atoms with Gasteiger partial charge in [-0.3, -0.25) is 4.90 Å². The van der Waals surface area contributed by atoms with Gasteiger partial charge in [0.1, 0.15) is 5.75 Å². The largest absolute Gasteiger partial charge is 0.494 e. The highest BCUT2D eigenvalue weighted by Crippen LogP contribution is 2.33. The summed E-state index contributed by atoms with van der Waals surface area (Å²) < 4.78 is 43.3. The Labute approximate surface area is 116 Å². The van der Waals surface area contributed by atoms with Crippen molar-refractivity contribution in [3.63, 3.8) is 0 Å². The molecule has 20 heavy (non-hydrogen) atoms. The summed E-state index contributed by atoms with van der Waals surface area (Å²) in [5.74, 6) is 0.606. The molecule has 0 unspecified atom stereocenters. The molecule has 0 atom stereocenters. The smallest absolute Gasteiger partial charge is 0.401 e. The number of nitrogen functional groups attached to an aromatic ring is 1. The molecule has 112 valence electrons. The highest BCUT2D eigenvalue weighted by atomic mass is 19.4. The van der Waals surface area contributed by atoms with Gasteiger partial charge < -0.3 is 10.5 Å². The molecule has 1 aliphatic rings. The highest BCUT2D eigenvalue weighted by molar-refractivity contribution is 5.47. The number of anilines is 1. The van der Waals surface area contributed by atoms with Crippen molar-refractivity contribution in [2.24, 2.45) is 0 Å². The zero-order valence-corrected chi connectivity index (χ0v) is 11.4. The molecule has 0 bridgehead atoms. The maximum Gasteiger partial charge on any atom is 0.401 e. The van der Waals surface area contributed by atoms with E-state index >= 15 is 0 Å². The average molecular weight is 288 g/mol. The molecule has 0 radical (unpaired) electrons. The predicted octanol–water partition coefficient (Wildman–Crippen LogP) is 3.19. The standard InChI is InChI=1S/C14H19F3N2O/c1-2-20-13-6-3-11(18)7-10(13)8-19(12-4-5-12)9-14(15,16)17/h3,6-7,12H,2,4-5,8-9,18H2,1H3. The number of rotatable bonds is 6. The summed E-state index contributed by atoms with van der Waals surface area (Å²) in [7, 11) is 0. The minimum Gasteiger partial charge on any atom is -0.494 e. The lowest BCUT2D eigenvalue weighted by Gasteiger charge is -2.24. The van der Waals surface area contributed by atoms with Gasteiger partial charge in [-0.2, -0.15) is 13.2 Å². The van der Waals surface area contributed by atoms with E-state index in [4.69, 9.17) is 10.5 Å². The van der Waals surface area contributed by atoms with Crippen LogP contribution < -0.4 is 10.5 Å². The molecule has 0 heterocycles. The molecule has 0 aliphatic heterocycles. The molecule has 1 saturated carbocycles. The molecule has 3 nitrogen and oxygen atoms in total. The molecule has 0 spiro atoms. The summed E-state index contributed by atoms with van der Waals surface area (Å²) in [5, 5.41) is 0. The Morgan fingerprint density at radius 2 is 2.05 bits per heavy atom. The summed E-state index contributed by atoms with van der Waals surface area (Å²) in [6.45, 7) is 1.64. The third-order valence-electron chi connectivity index (χ3n) is 3.20. The lowest BCUT2D eigenvalue weighted by molar-refractivity contribution is -0.148. The van der Waals surface area contributed by atoms with E-state index in [0.717, 1.165) is 12.8 Å². The van der Waals surface area contributed by atoms with Crippen LogP contribution in [0.15, 0.2) is 18.2 Å². The first-order chi connectivity index (χ1) is 9.39. The minimum atomic E-state index is -4.19. The van der Waals surface area contributed by atoms with E-state index in [1.807, 2.05) is 6.92 Å². The molecule has 2 rings (SSSR count). The first-order valence-electron chi connectivity index (χ1n) is 6.71. The van der Waals surface area contributed by atoms with Crippen molar-refractivity contribution in [3.05, 3.63) is 23.8 Å². The van der Waals surface area contributed by atoms with Crippen LogP contribution in [0.5, 0.6) is 5.75 Å². The van der Waals surface area contributed by atoms with Gasteiger partial charge in [0.05, 0.1) is 13.2 Å². The van der Waals surface area contributed by atoms with Crippen molar-refractivity contribution in [2.75, 3.05) is 18.9 Å². The van der Waals surface area contributed by atoms with Gasteiger partial charge >= 0.3 is 6.18 Å². The van der Waals surface area contributed by atoms with Gasteiger partial charge in [0.25, 0.3) is 0 Å². The summed E-state index contributed by atoms with van der Waals surface area (Å²) >= 11 is 0. The van der Waals surface area contributed by atoms with Gasteiger partial charge in [-0.1, -0.05) is 0 Å². The van der Waals surface area contributed by atoms with E-state index in [-0.39, 0.29) is 12.6 Å². The Bertz CT molecular complexity index is 458. The van der Waals surface area contributed by atoms with Crippen LogP contribution in [0.25, 0.3) is 0 Å². The number of halogens is 3. The van der Waals surface area contributed by atoms with Crippen molar-refractivity contribution >= 4 is 5.69 Å². The Balaban J connectivity index is 2.15. The first kappa shape index (κ1) is 15.0. The maximum absolute atomic E-state index is 12.6. The van der Waals surface area contributed by atoms with Crippen LogP contribution in [-0.2, 0) is 6.54 Å². The van der Waals surface area contributed by atoms with Gasteiger partial charge in [0.2, 0.25) is 0 Å². The monoisotopic (exact) mass is 288 g/mol. The minimum absolute atomic E-state index is 0.0209. The summed E-state index contributed by atoms with van der Waals surface area (Å²) in [5.41, 5.74) is 6.97. The average Bonchev–Trinajstić information content (AvgIpc) is 3.14. The van der Waals surface area contributed by atoms with Gasteiger partial charge in [0.15, 0.2) is 0 Å². The van der Waals surface area contributed by atoms with Crippen LogP contribution in [-0.4, -0.2) is 30.3 Å². The molecule has 1 aromatic carbocycles. The number of alkyl halides is 3. The Kier molecular flexibility index (Phi) is 4.42. The fraction of sp³-hybridized carbons (Fsp3) is 0.571. The Morgan fingerprint density at radius 3 is 2.60 bits per heavy atom. The van der Waals surface area contributed by atoms with Gasteiger partial charge in [0, 0.05) is 23.8 Å². The Morgan fingerprint density at radius 1 is 1.35 bits per heavy atom. The molecule has 1 fully saturated rings. The van der Waals surface area contributed by atoms with Crippen LogP contribution in [0.1, 0.15) is 25.3 Å². The number of benzene rings is 1. The molecular weight excluding hydrogens is 269 g/mol. The second-order valence-corrected chi connectivity index (χ2v) is 5.05.